The first kappa shape index (κ1) is 29.3. The molecule has 0 spiro atoms. The normalized spacial score (nSPS) is 11.0. The van der Waals surface area contributed by atoms with Crippen molar-refractivity contribution in [1.29, 1.82) is 0 Å². The maximum Gasteiger partial charge on any atom is 0.414 e. The highest BCUT2D eigenvalue weighted by Gasteiger charge is 2.24. The first-order valence-corrected chi connectivity index (χ1v) is 14.3. The second-order valence-corrected chi connectivity index (χ2v) is 11.2. The number of amides is 2. The van der Waals surface area contributed by atoms with E-state index in [4.69, 9.17) is 4.74 Å². The highest BCUT2D eigenvalue weighted by Crippen LogP contribution is 2.28. The third-order valence-corrected chi connectivity index (χ3v) is 6.84. The van der Waals surface area contributed by atoms with Crippen LogP contribution in [0.3, 0.4) is 0 Å². The van der Waals surface area contributed by atoms with Gasteiger partial charge in [-0.1, -0.05) is 78.9 Å². The van der Waals surface area contributed by atoms with Gasteiger partial charge < -0.3 is 10.1 Å². The average molecular weight is 570 g/mol. The average Bonchev–Trinajstić information content (AvgIpc) is 3.02. The van der Waals surface area contributed by atoms with E-state index in [1.807, 2.05) is 106 Å². The predicted octanol–water partition coefficient (Wildman–Crippen LogP) is 8.65. The molecule has 0 aliphatic carbocycles. The summed E-state index contributed by atoms with van der Waals surface area (Å²) in [4.78, 5) is 32.5. The summed E-state index contributed by atoms with van der Waals surface area (Å²) in [7, 11) is 0. The topological polar surface area (TPSA) is 71.5 Å². The molecule has 0 saturated carbocycles. The van der Waals surface area contributed by atoms with Gasteiger partial charge in [-0.05, 0) is 85.5 Å². The molecule has 0 radical (unpaired) electrons. The minimum absolute atomic E-state index is 0.213. The Bertz CT molecular complexity index is 1660. The van der Waals surface area contributed by atoms with E-state index in [2.05, 4.69) is 34.6 Å². The molecule has 0 aliphatic heterocycles. The Morgan fingerprint density at radius 1 is 0.721 bits per heavy atom. The van der Waals surface area contributed by atoms with Crippen molar-refractivity contribution in [3.63, 3.8) is 0 Å². The van der Waals surface area contributed by atoms with Crippen molar-refractivity contribution < 1.29 is 14.3 Å². The summed E-state index contributed by atoms with van der Waals surface area (Å²) in [5.41, 5.74) is 6.18. The zero-order valence-electron chi connectivity index (χ0n) is 24.7. The van der Waals surface area contributed by atoms with Gasteiger partial charge in [-0.15, -0.1) is 0 Å². The summed E-state index contributed by atoms with van der Waals surface area (Å²) < 4.78 is 5.68. The van der Waals surface area contributed by atoms with Crippen LogP contribution in [0.25, 0.3) is 22.3 Å². The highest BCUT2D eigenvalue weighted by molar-refractivity contribution is 6.08. The molecule has 0 unspecified atom stereocenters. The van der Waals surface area contributed by atoms with E-state index in [0.29, 0.717) is 29.9 Å². The summed E-state index contributed by atoms with van der Waals surface area (Å²) in [6, 6.07) is 38.9. The van der Waals surface area contributed by atoms with Gasteiger partial charge in [0, 0.05) is 41.8 Å². The molecular formula is C37H35N3O3. The smallest absolute Gasteiger partial charge is 0.414 e. The number of benzene rings is 4. The van der Waals surface area contributed by atoms with E-state index in [1.54, 1.807) is 23.2 Å². The molecule has 5 rings (SSSR count). The number of hydrogen-bond donors (Lipinski definition) is 1. The summed E-state index contributed by atoms with van der Waals surface area (Å²) in [5, 5.41) is 3.01. The molecule has 6 nitrogen and oxygen atoms in total. The predicted molar refractivity (Wildman–Crippen MR) is 173 cm³/mol. The van der Waals surface area contributed by atoms with Crippen LogP contribution in [-0.4, -0.2) is 29.1 Å². The number of carbonyl (C=O) groups excluding carboxylic acids is 2. The molecule has 4 aromatic carbocycles. The van der Waals surface area contributed by atoms with Crippen LogP contribution in [0.1, 0.15) is 36.8 Å². The Morgan fingerprint density at radius 2 is 1.35 bits per heavy atom. The van der Waals surface area contributed by atoms with Crippen LogP contribution in [0.4, 0.5) is 16.2 Å². The first-order chi connectivity index (χ1) is 20.8. The van der Waals surface area contributed by atoms with Crippen LogP contribution in [0.5, 0.6) is 0 Å². The molecule has 0 bridgehead atoms. The van der Waals surface area contributed by atoms with Gasteiger partial charge in [0.15, 0.2) is 0 Å². The Labute approximate surface area is 253 Å². The standard InChI is InChI=1S/C37H35N3O3/c1-37(2,3)43-36(42)40(26-24-30-13-9-10-25-38-30)32-22-20-31(21-23-32)39-35(41)34-15-8-7-14-33(34)29-18-16-28(17-19-29)27-11-5-4-6-12-27/h4-23,25H,24,26H2,1-3H3,(H,39,41). The van der Waals surface area contributed by atoms with Crippen LogP contribution in [0, 0.1) is 0 Å². The third-order valence-electron chi connectivity index (χ3n) is 6.84. The number of carbonyl (C=O) groups is 2. The largest absolute Gasteiger partial charge is 0.443 e. The molecule has 5 aromatic rings. The molecule has 0 saturated heterocycles. The van der Waals surface area contributed by atoms with E-state index in [1.165, 1.54) is 0 Å². The van der Waals surface area contributed by atoms with Crippen LogP contribution in [0.15, 0.2) is 128 Å². The molecule has 2 amide bonds. The quantitative estimate of drug-likeness (QED) is 0.203. The molecule has 0 fully saturated rings. The van der Waals surface area contributed by atoms with Crippen molar-refractivity contribution in [1.82, 2.24) is 4.98 Å². The van der Waals surface area contributed by atoms with Crippen molar-refractivity contribution in [3.8, 4) is 22.3 Å². The third kappa shape index (κ3) is 7.74. The fourth-order valence-electron chi connectivity index (χ4n) is 4.74. The maximum absolute atomic E-state index is 13.4. The summed E-state index contributed by atoms with van der Waals surface area (Å²) in [6.07, 6.45) is 1.87. The molecule has 216 valence electrons. The molecular weight excluding hydrogens is 534 g/mol. The fraction of sp³-hybridized carbons (Fsp3) is 0.162. The van der Waals surface area contributed by atoms with Crippen molar-refractivity contribution in [2.75, 3.05) is 16.8 Å². The van der Waals surface area contributed by atoms with E-state index >= 15 is 0 Å². The maximum atomic E-state index is 13.4. The number of rotatable bonds is 8. The molecule has 6 heteroatoms. The monoisotopic (exact) mass is 569 g/mol. The summed E-state index contributed by atoms with van der Waals surface area (Å²) >= 11 is 0. The van der Waals surface area contributed by atoms with Crippen LogP contribution in [-0.2, 0) is 11.2 Å². The highest BCUT2D eigenvalue weighted by atomic mass is 16.6. The van der Waals surface area contributed by atoms with Gasteiger partial charge in [-0.2, -0.15) is 0 Å². The second kappa shape index (κ2) is 13.2. The van der Waals surface area contributed by atoms with Gasteiger partial charge in [-0.3, -0.25) is 14.7 Å². The lowest BCUT2D eigenvalue weighted by atomic mass is 9.96. The number of nitrogens with zero attached hydrogens (tertiary/aromatic N) is 2. The molecule has 43 heavy (non-hydrogen) atoms. The van der Waals surface area contributed by atoms with E-state index in [-0.39, 0.29) is 5.91 Å². The van der Waals surface area contributed by atoms with E-state index < -0.39 is 11.7 Å². The number of pyridine rings is 1. The summed E-state index contributed by atoms with van der Waals surface area (Å²) in [6.45, 7) is 5.93. The minimum Gasteiger partial charge on any atom is -0.443 e. The van der Waals surface area contributed by atoms with Gasteiger partial charge >= 0.3 is 6.09 Å². The number of hydrogen-bond acceptors (Lipinski definition) is 4. The number of anilines is 2. The van der Waals surface area contributed by atoms with E-state index in [0.717, 1.165) is 27.9 Å². The molecule has 1 heterocycles. The fourth-order valence-corrected chi connectivity index (χ4v) is 4.74. The van der Waals surface area contributed by atoms with Crippen molar-refractivity contribution >= 4 is 23.4 Å². The second-order valence-electron chi connectivity index (χ2n) is 11.2. The lowest BCUT2D eigenvalue weighted by molar-refractivity contribution is 0.0580. The lowest BCUT2D eigenvalue weighted by Crippen LogP contribution is -2.38. The Hall–Kier alpha value is -5.23. The van der Waals surface area contributed by atoms with Gasteiger partial charge in [0.05, 0.1) is 0 Å². The molecule has 0 atom stereocenters. The molecule has 0 aliphatic rings. The van der Waals surface area contributed by atoms with Crippen LogP contribution >= 0.6 is 0 Å². The van der Waals surface area contributed by atoms with Gasteiger partial charge in [-0.25, -0.2) is 4.79 Å². The lowest BCUT2D eigenvalue weighted by Gasteiger charge is -2.27. The SMILES string of the molecule is CC(C)(C)OC(=O)N(CCc1ccccn1)c1ccc(NC(=O)c2ccccc2-c2ccc(-c3ccccc3)cc2)cc1. The van der Waals surface area contributed by atoms with Crippen molar-refractivity contribution in [3.05, 3.63) is 139 Å². The Balaban J connectivity index is 1.32. The first-order valence-electron chi connectivity index (χ1n) is 14.3. The van der Waals surface area contributed by atoms with Crippen LogP contribution in [0.2, 0.25) is 0 Å². The molecule has 1 N–H and O–H groups in total. The van der Waals surface area contributed by atoms with Gasteiger partial charge in [0.2, 0.25) is 0 Å². The van der Waals surface area contributed by atoms with Crippen LogP contribution < -0.4 is 10.2 Å². The number of ether oxygens (including phenoxy) is 1. The Kier molecular flexibility index (Phi) is 8.96. The van der Waals surface area contributed by atoms with Gasteiger partial charge in [0.25, 0.3) is 5.91 Å². The minimum atomic E-state index is -0.635. The Morgan fingerprint density at radius 3 is 2.02 bits per heavy atom. The molecule has 1 aromatic heterocycles. The summed E-state index contributed by atoms with van der Waals surface area (Å²) in [5.74, 6) is -0.213. The van der Waals surface area contributed by atoms with E-state index in [9.17, 15) is 9.59 Å². The number of nitrogens with one attached hydrogen (secondary N) is 1. The zero-order valence-corrected chi connectivity index (χ0v) is 24.7. The van der Waals surface area contributed by atoms with Gasteiger partial charge in [0.1, 0.15) is 5.60 Å². The van der Waals surface area contributed by atoms with Crippen molar-refractivity contribution in [2.24, 2.45) is 0 Å². The number of aromatic nitrogens is 1. The zero-order chi connectivity index (χ0) is 30.2. The van der Waals surface area contributed by atoms with Crippen molar-refractivity contribution in [2.45, 2.75) is 32.8 Å².